The summed E-state index contributed by atoms with van der Waals surface area (Å²) in [5, 5.41) is 0. The van der Waals surface area contributed by atoms with Crippen molar-refractivity contribution < 1.29 is 14.3 Å². The molecule has 4 nitrogen and oxygen atoms in total. The third-order valence-corrected chi connectivity index (χ3v) is 1.25. The Morgan fingerprint density at radius 2 is 2.44 bits per heavy atom. The van der Waals surface area contributed by atoms with E-state index in [0.717, 1.165) is 4.90 Å². The number of rotatable bonds is 0. The van der Waals surface area contributed by atoms with Crippen molar-refractivity contribution in [1.82, 2.24) is 4.90 Å². The summed E-state index contributed by atoms with van der Waals surface area (Å²) in [6.45, 7) is 0.505. The summed E-state index contributed by atoms with van der Waals surface area (Å²) in [4.78, 5) is 22.0. The van der Waals surface area contributed by atoms with Crippen LogP contribution in [0.5, 0.6) is 0 Å². The molecule has 0 aliphatic carbocycles. The predicted octanol–water partition coefficient (Wildman–Crippen LogP) is -0.0149. The molecule has 1 fully saturated rings. The average Bonchev–Trinajstić information content (AvgIpc) is 1.84. The van der Waals surface area contributed by atoms with Gasteiger partial charge in [0.15, 0.2) is 0 Å². The molecule has 1 saturated heterocycles. The maximum atomic E-state index is 10.5. The predicted molar refractivity (Wildman–Crippen MR) is 28.7 cm³/mol. The Kier molecular flexibility index (Phi) is 1.38. The molecular weight excluding hydrogens is 122 g/mol. The summed E-state index contributed by atoms with van der Waals surface area (Å²) in [7, 11) is 1.26. The summed E-state index contributed by atoms with van der Waals surface area (Å²) >= 11 is 0. The van der Waals surface area contributed by atoms with Crippen molar-refractivity contribution >= 4 is 12.0 Å². The monoisotopic (exact) mass is 129 g/mol. The van der Waals surface area contributed by atoms with Crippen LogP contribution in [0.2, 0.25) is 0 Å². The van der Waals surface area contributed by atoms with Crippen LogP contribution in [0.3, 0.4) is 0 Å². The Morgan fingerprint density at radius 3 is 2.56 bits per heavy atom. The molecule has 1 heterocycles. The van der Waals surface area contributed by atoms with Gasteiger partial charge in [0.2, 0.25) is 5.91 Å². The zero-order chi connectivity index (χ0) is 6.85. The van der Waals surface area contributed by atoms with Crippen molar-refractivity contribution in [3.05, 3.63) is 0 Å². The molecule has 2 amide bonds. The SMILES string of the molecule is COC(=O)N1CCC1=O. The van der Waals surface area contributed by atoms with E-state index in [9.17, 15) is 9.59 Å². The summed E-state index contributed by atoms with van der Waals surface area (Å²) in [5.41, 5.74) is 0. The molecule has 1 rings (SSSR count). The summed E-state index contributed by atoms with van der Waals surface area (Å²) in [6.07, 6.45) is -0.0824. The van der Waals surface area contributed by atoms with Gasteiger partial charge in [0.1, 0.15) is 0 Å². The number of amides is 2. The van der Waals surface area contributed by atoms with E-state index in [1.54, 1.807) is 0 Å². The van der Waals surface area contributed by atoms with E-state index in [1.807, 2.05) is 0 Å². The first-order valence-electron chi connectivity index (χ1n) is 2.64. The van der Waals surface area contributed by atoms with Gasteiger partial charge in [-0.2, -0.15) is 0 Å². The van der Waals surface area contributed by atoms with Crippen molar-refractivity contribution in [1.29, 1.82) is 0 Å². The molecular formula is C5H7NO3. The van der Waals surface area contributed by atoms with Crippen LogP contribution in [0.1, 0.15) is 6.42 Å². The van der Waals surface area contributed by atoms with E-state index in [1.165, 1.54) is 7.11 Å². The highest BCUT2D eigenvalue weighted by molar-refractivity contribution is 5.96. The van der Waals surface area contributed by atoms with Gasteiger partial charge in [-0.05, 0) is 0 Å². The molecule has 0 bridgehead atoms. The standard InChI is InChI=1S/C5H7NO3/c1-9-5(8)6-3-2-4(6)7/h2-3H2,1H3. The first kappa shape index (κ1) is 6.07. The molecule has 0 aromatic rings. The Balaban J connectivity index is 2.44. The first-order valence-corrected chi connectivity index (χ1v) is 2.64. The fourth-order valence-corrected chi connectivity index (χ4v) is 0.618. The third kappa shape index (κ3) is 0.872. The van der Waals surface area contributed by atoms with Crippen LogP contribution >= 0.6 is 0 Å². The third-order valence-electron chi connectivity index (χ3n) is 1.25. The molecule has 0 unspecified atom stereocenters. The molecule has 4 heteroatoms. The molecule has 0 atom stereocenters. The van der Waals surface area contributed by atoms with E-state index >= 15 is 0 Å². The highest BCUT2D eigenvalue weighted by Gasteiger charge is 2.30. The number of carbonyl (C=O) groups is 2. The lowest BCUT2D eigenvalue weighted by atomic mass is 10.2. The normalized spacial score (nSPS) is 17.0. The van der Waals surface area contributed by atoms with E-state index < -0.39 is 6.09 Å². The fourth-order valence-electron chi connectivity index (χ4n) is 0.618. The largest absolute Gasteiger partial charge is 0.452 e. The number of nitrogens with zero attached hydrogens (tertiary/aromatic N) is 1. The Hall–Kier alpha value is -1.06. The fraction of sp³-hybridized carbons (Fsp3) is 0.600. The second kappa shape index (κ2) is 2.05. The number of β-lactam (4-membered cyclic amide) rings is 1. The van der Waals surface area contributed by atoms with E-state index in [0.29, 0.717) is 13.0 Å². The minimum atomic E-state index is -0.550. The highest BCUT2D eigenvalue weighted by Crippen LogP contribution is 2.08. The summed E-state index contributed by atoms with van der Waals surface area (Å²) in [5.74, 6) is -0.151. The second-order valence-electron chi connectivity index (χ2n) is 1.77. The van der Waals surface area contributed by atoms with E-state index in [2.05, 4.69) is 4.74 Å². The zero-order valence-corrected chi connectivity index (χ0v) is 5.09. The molecule has 1 aliphatic heterocycles. The topological polar surface area (TPSA) is 46.6 Å². The van der Waals surface area contributed by atoms with Crippen molar-refractivity contribution in [2.24, 2.45) is 0 Å². The van der Waals surface area contributed by atoms with Gasteiger partial charge in [-0.3, -0.25) is 4.79 Å². The maximum Gasteiger partial charge on any atom is 0.416 e. The minimum absolute atomic E-state index is 0.151. The lowest BCUT2D eigenvalue weighted by Gasteiger charge is -2.26. The van der Waals surface area contributed by atoms with Crippen LogP contribution in [0, 0.1) is 0 Å². The molecule has 1 aliphatic rings. The molecule has 0 spiro atoms. The van der Waals surface area contributed by atoms with Crippen LogP contribution < -0.4 is 0 Å². The Labute approximate surface area is 52.4 Å². The number of likely N-dealkylation sites (tertiary alicyclic amines) is 1. The average molecular weight is 129 g/mol. The number of carbonyl (C=O) groups excluding carboxylic acids is 2. The number of imide groups is 1. The number of hydrogen-bond acceptors (Lipinski definition) is 3. The van der Waals surface area contributed by atoms with Gasteiger partial charge >= 0.3 is 6.09 Å². The Morgan fingerprint density at radius 1 is 1.78 bits per heavy atom. The van der Waals surface area contributed by atoms with Crippen LogP contribution in [0.15, 0.2) is 0 Å². The maximum absolute atomic E-state index is 10.5. The second-order valence-corrected chi connectivity index (χ2v) is 1.77. The lowest BCUT2D eigenvalue weighted by Crippen LogP contribution is -2.47. The van der Waals surface area contributed by atoms with Crippen molar-refractivity contribution in [2.75, 3.05) is 13.7 Å². The van der Waals surface area contributed by atoms with Crippen molar-refractivity contribution in [3.8, 4) is 0 Å². The molecule has 0 aromatic heterocycles. The molecule has 0 radical (unpaired) electrons. The smallest absolute Gasteiger partial charge is 0.416 e. The van der Waals surface area contributed by atoms with E-state index in [4.69, 9.17) is 0 Å². The number of methoxy groups -OCH3 is 1. The van der Waals surface area contributed by atoms with Gasteiger partial charge in [0.25, 0.3) is 0 Å². The van der Waals surface area contributed by atoms with Gasteiger partial charge in [-0.15, -0.1) is 0 Å². The van der Waals surface area contributed by atoms with Crippen molar-refractivity contribution in [2.45, 2.75) is 6.42 Å². The van der Waals surface area contributed by atoms with Crippen LogP contribution in [-0.4, -0.2) is 30.6 Å². The molecule has 50 valence electrons. The van der Waals surface area contributed by atoms with Gasteiger partial charge in [-0.1, -0.05) is 0 Å². The molecule has 9 heavy (non-hydrogen) atoms. The Bertz CT molecular complexity index is 154. The zero-order valence-electron chi connectivity index (χ0n) is 5.09. The van der Waals surface area contributed by atoms with Crippen LogP contribution in [-0.2, 0) is 9.53 Å². The molecule has 0 aromatic carbocycles. The van der Waals surface area contributed by atoms with Crippen LogP contribution in [0.4, 0.5) is 4.79 Å². The van der Waals surface area contributed by atoms with Gasteiger partial charge < -0.3 is 4.74 Å². The molecule has 0 N–H and O–H groups in total. The number of hydrogen-bond donors (Lipinski definition) is 0. The van der Waals surface area contributed by atoms with E-state index in [-0.39, 0.29) is 5.91 Å². The minimum Gasteiger partial charge on any atom is -0.452 e. The number of ether oxygens (including phenoxy) is 1. The van der Waals surface area contributed by atoms with Gasteiger partial charge in [0, 0.05) is 13.0 Å². The molecule has 0 saturated carbocycles. The van der Waals surface area contributed by atoms with Crippen molar-refractivity contribution in [3.63, 3.8) is 0 Å². The highest BCUT2D eigenvalue weighted by atomic mass is 16.5. The van der Waals surface area contributed by atoms with Crippen LogP contribution in [0.25, 0.3) is 0 Å². The van der Waals surface area contributed by atoms with Gasteiger partial charge in [-0.25, -0.2) is 9.69 Å². The summed E-state index contributed by atoms with van der Waals surface area (Å²) in [6, 6.07) is 0. The quantitative estimate of drug-likeness (QED) is 0.432. The first-order chi connectivity index (χ1) is 4.25. The van der Waals surface area contributed by atoms with Gasteiger partial charge in [0.05, 0.1) is 7.11 Å². The lowest BCUT2D eigenvalue weighted by molar-refractivity contribution is -0.136. The summed E-state index contributed by atoms with van der Waals surface area (Å²) < 4.78 is 4.29.